The van der Waals surface area contributed by atoms with Gasteiger partial charge in [-0.25, -0.2) is 9.78 Å². The summed E-state index contributed by atoms with van der Waals surface area (Å²) >= 11 is 11.6. The molecule has 94 valence electrons. The average molecular weight is 286 g/mol. The molecule has 0 bridgehead atoms. The summed E-state index contributed by atoms with van der Waals surface area (Å²) in [5, 5.41) is 0.442. The Morgan fingerprint density at radius 1 is 1.22 bits per heavy atom. The maximum atomic E-state index is 11.8. The molecule has 2 aromatic heterocycles. The van der Waals surface area contributed by atoms with E-state index in [9.17, 15) is 9.59 Å². The van der Waals surface area contributed by atoms with E-state index < -0.39 is 5.69 Å². The van der Waals surface area contributed by atoms with Crippen molar-refractivity contribution in [3.63, 3.8) is 0 Å². The highest BCUT2D eigenvalue weighted by Crippen LogP contribution is 2.16. The summed E-state index contributed by atoms with van der Waals surface area (Å²) in [5.41, 5.74) is -0.232. The minimum atomic E-state index is -0.409. The maximum Gasteiger partial charge on any atom is 0.331 e. The highest BCUT2D eigenvalue weighted by atomic mass is 35.5. The summed E-state index contributed by atoms with van der Waals surface area (Å²) in [6.45, 7) is 0.0648. The van der Waals surface area contributed by atoms with Crippen molar-refractivity contribution in [1.29, 1.82) is 0 Å². The number of aryl methyl sites for hydroxylation is 1. The van der Waals surface area contributed by atoms with Gasteiger partial charge in [0, 0.05) is 24.9 Å². The van der Waals surface area contributed by atoms with E-state index in [-0.39, 0.29) is 22.4 Å². The van der Waals surface area contributed by atoms with Crippen molar-refractivity contribution in [3.05, 3.63) is 61.1 Å². The van der Waals surface area contributed by atoms with E-state index in [4.69, 9.17) is 23.2 Å². The van der Waals surface area contributed by atoms with E-state index in [2.05, 4.69) is 4.98 Å². The van der Waals surface area contributed by atoms with Gasteiger partial charge in [0.2, 0.25) is 0 Å². The summed E-state index contributed by atoms with van der Waals surface area (Å²) in [4.78, 5) is 27.3. The van der Waals surface area contributed by atoms with Crippen LogP contribution >= 0.6 is 23.2 Å². The van der Waals surface area contributed by atoms with Gasteiger partial charge in [-0.2, -0.15) is 0 Å². The fourth-order valence-corrected chi connectivity index (χ4v) is 1.89. The molecule has 0 aliphatic heterocycles. The quantitative estimate of drug-likeness (QED) is 0.782. The fraction of sp³-hybridized carbons (Fsp3) is 0.182. The Bertz CT molecular complexity index is 706. The standard InChI is InChI=1S/C11H9Cl2N3O2/c1-15-5-4-9(17)16(11(15)18)6-7-2-3-8(12)14-10(7)13/h2-5H,6H2,1H3. The van der Waals surface area contributed by atoms with Crippen molar-refractivity contribution < 1.29 is 0 Å². The average Bonchev–Trinajstić information content (AvgIpc) is 2.32. The molecule has 0 unspecified atom stereocenters. The zero-order chi connectivity index (χ0) is 13.3. The molecular formula is C11H9Cl2N3O2. The van der Waals surface area contributed by atoms with E-state index in [1.54, 1.807) is 19.2 Å². The van der Waals surface area contributed by atoms with Gasteiger partial charge in [0.1, 0.15) is 10.3 Å². The Kier molecular flexibility index (Phi) is 3.54. The molecule has 0 aliphatic rings. The summed E-state index contributed by atoms with van der Waals surface area (Å²) in [7, 11) is 1.57. The smallest absolute Gasteiger partial charge is 0.303 e. The first-order valence-corrected chi connectivity index (χ1v) is 5.82. The van der Waals surface area contributed by atoms with Crippen LogP contribution in [0.2, 0.25) is 10.3 Å². The van der Waals surface area contributed by atoms with Gasteiger partial charge in [-0.05, 0) is 6.07 Å². The highest BCUT2D eigenvalue weighted by Gasteiger charge is 2.08. The molecule has 0 saturated heterocycles. The van der Waals surface area contributed by atoms with Crippen LogP contribution in [0.5, 0.6) is 0 Å². The summed E-state index contributed by atoms with van der Waals surface area (Å²) in [5.74, 6) is 0. The molecule has 0 radical (unpaired) electrons. The second-order valence-electron chi connectivity index (χ2n) is 3.72. The molecule has 18 heavy (non-hydrogen) atoms. The molecule has 2 aromatic rings. The van der Waals surface area contributed by atoms with E-state index >= 15 is 0 Å². The van der Waals surface area contributed by atoms with Gasteiger partial charge < -0.3 is 4.57 Å². The minimum absolute atomic E-state index is 0.0648. The third-order valence-electron chi connectivity index (χ3n) is 2.46. The number of hydrogen-bond donors (Lipinski definition) is 0. The predicted molar refractivity (Wildman–Crippen MR) is 69.3 cm³/mol. The predicted octanol–water partition coefficient (Wildman–Crippen LogP) is 1.30. The Balaban J connectivity index is 2.50. The van der Waals surface area contributed by atoms with Crippen LogP contribution in [-0.2, 0) is 13.6 Å². The first-order valence-electron chi connectivity index (χ1n) is 5.06. The van der Waals surface area contributed by atoms with Crippen LogP contribution in [0, 0.1) is 0 Å². The molecular weight excluding hydrogens is 277 g/mol. The monoisotopic (exact) mass is 285 g/mol. The minimum Gasteiger partial charge on any atom is -0.303 e. The van der Waals surface area contributed by atoms with Crippen molar-refractivity contribution in [2.75, 3.05) is 0 Å². The third-order valence-corrected chi connectivity index (χ3v) is 3.00. The van der Waals surface area contributed by atoms with Gasteiger partial charge in [-0.3, -0.25) is 9.36 Å². The van der Waals surface area contributed by atoms with Crippen LogP contribution in [-0.4, -0.2) is 14.1 Å². The molecule has 0 spiro atoms. The number of halogens is 2. The topological polar surface area (TPSA) is 56.9 Å². The van der Waals surface area contributed by atoms with Crippen molar-refractivity contribution >= 4 is 23.2 Å². The fourth-order valence-electron chi connectivity index (χ4n) is 1.49. The number of hydrogen-bond acceptors (Lipinski definition) is 3. The Morgan fingerprint density at radius 3 is 2.61 bits per heavy atom. The van der Waals surface area contributed by atoms with E-state index in [1.807, 2.05) is 0 Å². The molecule has 0 amide bonds. The van der Waals surface area contributed by atoms with Crippen LogP contribution < -0.4 is 11.2 Å². The van der Waals surface area contributed by atoms with Gasteiger partial charge in [0.15, 0.2) is 0 Å². The molecule has 0 atom stereocenters. The lowest BCUT2D eigenvalue weighted by Crippen LogP contribution is -2.38. The van der Waals surface area contributed by atoms with Crippen molar-refractivity contribution in [2.24, 2.45) is 7.05 Å². The highest BCUT2D eigenvalue weighted by molar-refractivity contribution is 6.32. The normalized spacial score (nSPS) is 10.6. The molecule has 2 rings (SSSR count). The van der Waals surface area contributed by atoms with Crippen LogP contribution in [0.3, 0.4) is 0 Å². The van der Waals surface area contributed by atoms with Crippen molar-refractivity contribution in [3.8, 4) is 0 Å². The number of rotatable bonds is 2. The van der Waals surface area contributed by atoms with Crippen LogP contribution in [0.4, 0.5) is 0 Å². The number of aromatic nitrogens is 3. The lowest BCUT2D eigenvalue weighted by molar-refractivity contribution is 0.638. The van der Waals surface area contributed by atoms with Gasteiger partial charge in [0.25, 0.3) is 5.56 Å². The molecule has 0 saturated carbocycles. The molecule has 0 fully saturated rings. The second kappa shape index (κ2) is 4.96. The van der Waals surface area contributed by atoms with Crippen molar-refractivity contribution in [1.82, 2.24) is 14.1 Å². The molecule has 0 N–H and O–H groups in total. The lowest BCUT2D eigenvalue weighted by atomic mass is 10.3. The zero-order valence-electron chi connectivity index (χ0n) is 9.43. The SMILES string of the molecule is Cn1ccc(=O)n(Cc2ccc(Cl)nc2Cl)c1=O. The summed E-state index contributed by atoms with van der Waals surface area (Å²) in [6, 6.07) is 4.51. The van der Waals surface area contributed by atoms with Crippen LogP contribution in [0.1, 0.15) is 5.56 Å². The summed E-state index contributed by atoms with van der Waals surface area (Å²) < 4.78 is 2.40. The van der Waals surface area contributed by atoms with Crippen LogP contribution in [0.15, 0.2) is 34.0 Å². The first-order chi connectivity index (χ1) is 8.49. The van der Waals surface area contributed by atoms with E-state index in [1.165, 1.54) is 16.8 Å². The molecule has 5 nitrogen and oxygen atoms in total. The Labute approximate surface area is 112 Å². The molecule has 2 heterocycles. The summed E-state index contributed by atoms with van der Waals surface area (Å²) in [6.07, 6.45) is 1.42. The lowest BCUT2D eigenvalue weighted by Gasteiger charge is -2.07. The van der Waals surface area contributed by atoms with Gasteiger partial charge in [0.05, 0.1) is 6.54 Å². The molecule has 0 aromatic carbocycles. The maximum absolute atomic E-state index is 11.8. The Hall–Kier alpha value is -1.59. The first kappa shape index (κ1) is 12.9. The van der Waals surface area contributed by atoms with Gasteiger partial charge >= 0.3 is 5.69 Å². The third kappa shape index (κ3) is 2.47. The van der Waals surface area contributed by atoms with Gasteiger partial charge in [-0.15, -0.1) is 0 Å². The number of pyridine rings is 1. The second-order valence-corrected chi connectivity index (χ2v) is 4.46. The zero-order valence-corrected chi connectivity index (χ0v) is 10.9. The number of nitrogens with zero attached hydrogens (tertiary/aromatic N) is 3. The Morgan fingerprint density at radius 2 is 1.94 bits per heavy atom. The van der Waals surface area contributed by atoms with Gasteiger partial charge in [-0.1, -0.05) is 29.3 Å². The molecule has 0 aliphatic carbocycles. The van der Waals surface area contributed by atoms with Crippen molar-refractivity contribution in [2.45, 2.75) is 6.54 Å². The van der Waals surface area contributed by atoms with E-state index in [0.717, 1.165) is 4.57 Å². The van der Waals surface area contributed by atoms with Crippen LogP contribution in [0.25, 0.3) is 0 Å². The largest absolute Gasteiger partial charge is 0.331 e. The molecule has 7 heteroatoms. The van der Waals surface area contributed by atoms with E-state index in [0.29, 0.717) is 5.56 Å².